The second-order valence-electron chi connectivity index (χ2n) is 4.84. The average molecular weight is 240 g/mol. The summed E-state index contributed by atoms with van der Waals surface area (Å²) in [4.78, 5) is 26.1. The molecular weight excluding hydrogens is 220 g/mol. The fourth-order valence-corrected chi connectivity index (χ4v) is 3.10. The number of nitrogens with zero attached hydrogens (tertiary/aromatic N) is 2. The van der Waals surface area contributed by atoms with Gasteiger partial charge in [0.25, 0.3) is 0 Å². The lowest BCUT2D eigenvalue weighted by Crippen LogP contribution is -2.56. The fraction of sp³-hybridized carbons (Fsp3) is 0.818. The minimum atomic E-state index is -0.387. The number of hydrogen-bond donors (Lipinski definition) is 2. The van der Waals surface area contributed by atoms with Gasteiger partial charge in [-0.1, -0.05) is 0 Å². The molecule has 0 saturated carbocycles. The van der Waals surface area contributed by atoms with Crippen LogP contribution in [-0.4, -0.2) is 47.0 Å². The summed E-state index contributed by atoms with van der Waals surface area (Å²) in [6, 6.07) is -0.662. The number of hydrogen-bond acceptors (Lipinski definition) is 2. The summed E-state index contributed by atoms with van der Waals surface area (Å²) >= 11 is 0. The summed E-state index contributed by atoms with van der Waals surface area (Å²) in [6.07, 6.45) is 4.85. The number of amides is 4. The Kier molecular flexibility index (Phi) is 3.40. The third-order valence-corrected chi connectivity index (χ3v) is 3.86. The first kappa shape index (κ1) is 12.0. The Morgan fingerprint density at radius 1 is 0.824 bits per heavy atom. The van der Waals surface area contributed by atoms with E-state index >= 15 is 0 Å². The summed E-state index contributed by atoms with van der Waals surface area (Å²) in [6.45, 7) is 1.40. The lowest BCUT2D eigenvalue weighted by molar-refractivity contribution is 0.107. The standard InChI is InChI=1S/C11H20N4O2/c12-10(16)14-6-2-1-4-8(14)9-5-3-7-15(9)11(13)17/h8-9H,1-7H2,(H2,12,16)(H2,13,17). The Bertz CT molecular complexity index is 321. The molecule has 2 unspecified atom stereocenters. The van der Waals surface area contributed by atoms with Crippen molar-refractivity contribution in [2.24, 2.45) is 11.5 Å². The molecule has 6 nitrogen and oxygen atoms in total. The van der Waals surface area contributed by atoms with E-state index in [4.69, 9.17) is 11.5 Å². The van der Waals surface area contributed by atoms with Crippen molar-refractivity contribution in [3.63, 3.8) is 0 Å². The van der Waals surface area contributed by atoms with Crippen LogP contribution in [0.4, 0.5) is 9.59 Å². The maximum absolute atomic E-state index is 11.4. The number of urea groups is 2. The molecular formula is C11H20N4O2. The first-order valence-electron chi connectivity index (χ1n) is 6.23. The summed E-state index contributed by atoms with van der Waals surface area (Å²) in [5.41, 5.74) is 10.8. The van der Waals surface area contributed by atoms with Gasteiger partial charge in [-0.05, 0) is 32.1 Å². The molecule has 0 aromatic heterocycles. The first-order chi connectivity index (χ1) is 8.11. The molecule has 0 bridgehead atoms. The molecule has 2 aliphatic rings. The SMILES string of the molecule is NC(=O)N1CCCCC1C1CCCN1C(N)=O. The third-order valence-electron chi connectivity index (χ3n) is 3.86. The van der Waals surface area contributed by atoms with Crippen LogP contribution in [-0.2, 0) is 0 Å². The molecule has 2 atom stereocenters. The van der Waals surface area contributed by atoms with Crippen LogP contribution in [0.2, 0.25) is 0 Å². The van der Waals surface area contributed by atoms with Crippen molar-refractivity contribution in [2.75, 3.05) is 13.1 Å². The van der Waals surface area contributed by atoms with Crippen molar-refractivity contribution in [3.8, 4) is 0 Å². The van der Waals surface area contributed by atoms with Gasteiger partial charge < -0.3 is 21.3 Å². The van der Waals surface area contributed by atoms with E-state index in [-0.39, 0.29) is 24.1 Å². The van der Waals surface area contributed by atoms with E-state index in [2.05, 4.69) is 0 Å². The normalized spacial score (nSPS) is 29.4. The van der Waals surface area contributed by atoms with Gasteiger partial charge in [-0.3, -0.25) is 0 Å². The van der Waals surface area contributed by atoms with E-state index in [1.54, 1.807) is 9.80 Å². The minimum Gasteiger partial charge on any atom is -0.351 e. The molecule has 0 aliphatic carbocycles. The Balaban J connectivity index is 2.13. The Labute approximate surface area is 101 Å². The van der Waals surface area contributed by atoms with Gasteiger partial charge in [0, 0.05) is 13.1 Å². The third kappa shape index (κ3) is 2.30. The number of likely N-dealkylation sites (tertiary alicyclic amines) is 2. The van der Waals surface area contributed by atoms with Crippen molar-refractivity contribution in [1.82, 2.24) is 9.80 Å². The maximum atomic E-state index is 11.4. The number of nitrogens with two attached hydrogens (primary N) is 2. The summed E-state index contributed by atoms with van der Waals surface area (Å²) in [5.74, 6) is 0. The molecule has 0 aromatic rings. The van der Waals surface area contributed by atoms with Gasteiger partial charge in [-0.25, -0.2) is 9.59 Å². The average Bonchev–Trinajstić information content (AvgIpc) is 2.77. The molecule has 2 fully saturated rings. The van der Waals surface area contributed by atoms with Crippen molar-refractivity contribution >= 4 is 12.1 Å². The van der Waals surface area contributed by atoms with Gasteiger partial charge >= 0.3 is 12.1 Å². The maximum Gasteiger partial charge on any atom is 0.315 e. The zero-order valence-electron chi connectivity index (χ0n) is 9.97. The predicted octanol–water partition coefficient (Wildman–Crippen LogP) is 0.463. The predicted molar refractivity (Wildman–Crippen MR) is 63.2 cm³/mol. The van der Waals surface area contributed by atoms with Crippen LogP contribution >= 0.6 is 0 Å². The van der Waals surface area contributed by atoms with Crippen LogP contribution in [0.25, 0.3) is 0 Å². The van der Waals surface area contributed by atoms with Gasteiger partial charge in [-0.15, -0.1) is 0 Å². The van der Waals surface area contributed by atoms with Crippen LogP contribution in [0.3, 0.4) is 0 Å². The fourth-order valence-electron chi connectivity index (χ4n) is 3.10. The number of primary amides is 2. The molecule has 2 aliphatic heterocycles. The van der Waals surface area contributed by atoms with E-state index in [0.29, 0.717) is 13.1 Å². The van der Waals surface area contributed by atoms with Crippen LogP contribution < -0.4 is 11.5 Å². The highest BCUT2D eigenvalue weighted by atomic mass is 16.2. The Morgan fingerprint density at radius 3 is 1.82 bits per heavy atom. The first-order valence-corrected chi connectivity index (χ1v) is 6.23. The van der Waals surface area contributed by atoms with Crippen LogP contribution in [0.5, 0.6) is 0 Å². The highest BCUT2D eigenvalue weighted by molar-refractivity contribution is 5.74. The van der Waals surface area contributed by atoms with Crippen LogP contribution in [0.1, 0.15) is 32.1 Å². The van der Waals surface area contributed by atoms with Gasteiger partial charge in [0.1, 0.15) is 0 Å². The molecule has 2 saturated heterocycles. The minimum absolute atomic E-state index is 0.0521. The zero-order chi connectivity index (χ0) is 12.4. The summed E-state index contributed by atoms with van der Waals surface area (Å²) < 4.78 is 0. The largest absolute Gasteiger partial charge is 0.351 e. The molecule has 0 radical (unpaired) electrons. The monoisotopic (exact) mass is 240 g/mol. The zero-order valence-corrected chi connectivity index (χ0v) is 9.97. The van der Waals surface area contributed by atoms with Crippen molar-refractivity contribution < 1.29 is 9.59 Å². The van der Waals surface area contributed by atoms with E-state index in [0.717, 1.165) is 32.1 Å². The molecule has 6 heteroatoms. The molecule has 4 N–H and O–H groups in total. The highest BCUT2D eigenvalue weighted by Crippen LogP contribution is 2.28. The van der Waals surface area contributed by atoms with E-state index in [1.165, 1.54) is 0 Å². The molecule has 0 aromatic carbocycles. The molecule has 2 heterocycles. The quantitative estimate of drug-likeness (QED) is 0.697. The molecule has 0 spiro atoms. The van der Waals surface area contributed by atoms with Gasteiger partial charge in [-0.2, -0.15) is 0 Å². The van der Waals surface area contributed by atoms with Crippen LogP contribution in [0, 0.1) is 0 Å². The number of carbonyl (C=O) groups is 2. The molecule has 4 amide bonds. The number of piperidine rings is 1. The van der Waals surface area contributed by atoms with Crippen LogP contribution in [0.15, 0.2) is 0 Å². The van der Waals surface area contributed by atoms with E-state index < -0.39 is 0 Å². The summed E-state index contributed by atoms with van der Waals surface area (Å²) in [7, 11) is 0. The van der Waals surface area contributed by atoms with Gasteiger partial charge in [0.05, 0.1) is 12.1 Å². The van der Waals surface area contributed by atoms with Crippen molar-refractivity contribution in [2.45, 2.75) is 44.2 Å². The highest BCUT2D eigenvalue weighted by Gasteiger charge is 2.39. The Hall–Kier alpha value is -1.46. The molecule has 17 heavy (non-hydrogen) atoms. The number of carbonyl (C=O) groups excluding carboxylic acids is 2. The summed E-state index contributed by atoms with van der Waals surface area (Å²) in [5, 5.41) is 0. The smallest absolute Gasteiger partial charge is 0.315 e. The van der Waals surface area contributed by atoms with E-state index in [9.17, 15) is 9.59 Å². The Morgan fingerprint density at radius 2 is 1.29 bits per heavy atom. The number of rotatable bonds is 1. The topological polar surface area (TPSA) is 92.7 Å². The van der Waals surface area contributed by atoms with E-state index in [1.807, 2.05) is 0 Å². The molecule has 96 valence electrons. The second kappa shape index (κ2) is 4.81. The molecule has 2 rings (SSSR count). The lowest BCUT2D eigenvalue weighted by atomic mass is 9.94. The lowest BCUT2D eigenvalue weighted by Gasteiger charge is -2.40. The van der Waals surface area contributed by atoms with Gasteiger partial charge in [0.2, 0.25) is 0 Å². The van der Waals surface area contributed by atoms with Gasteiger partial charge in [0.15, 0.2) is 0 Å². The second-order valence-corrected chi connectivity index (χ2v) is 4.84. The van der Waals surface area contributed by atoms with Crippen molar-refractivity contribution in [1.29, 1.82) is 0 Å². The van der Waals surface area contributed by atoms with Crippen molar-refractivity contribution in [3.05, 3.63) is 0 Å².